The highest BCUT2D eigenvalue weighted by atomic mass is 16.9. The Labute approximate surface area is 163 Å². The van der Waals surface area contributed by atoms with Gasteiger partial charge in [0.2, 0.25) is 0 Å². The zero-order valence-electron chi connectivity index (χ0n) is 15.6. The van der Waals surface area contributed by atoms with E-state index < -0.39 is 36.5 Å². The second kappa shape index (κ2) is 7.22. The molecular formula is C22H24O6. The maximum atomic E-state index is 10.8. The van der Waals surface area contributed by atoms with Crippen molar-refractivity contribution >= 4 is 0 Å². The molecule has 4 fully saturated rings. The summed E-state index contributed by atoms with van der Waals surface area (Å²) in [5.41, 5.74) is 2.10. The van der Waals surface area contributed by atoms with Crippen molar-refractivity contribution in [2.24, 2.45) is 0 Å². The molecule has 0 spiro atoms. The predicted octanol–water partition coefficient (Wildman–Crippen LogP) is 2.39. The van der Waals surface area contributed by atoms with Crippen LogP contribution in [0, 0.1) is 0 Å². The standard InChI is InChI=1S/C22H24O6/c1-22-26-17-16(23)18(27-22)20(25-13-15-10-6-3-7-11-15)21(28-22)19(17)24-12-14-8-4-2-5-9-14/h2-11,16-21,23H,12-13H2,1H3/t16?,17-,18+,19+,20-,21?,22?. The highest BCUT2D eigenvalue weighted by Gasteiger charge is 2.66. The van der Waals surface area contributed by atoms with Gasteiger partial charge in [-0.1, -0.05) is 60.7 Å². The van der Waals surface area contributed by atoms with Crippen molar-refractivity contribution in [3.8, 4) is 0 Å². The van der Waals surface area contributed by atoms with Crippen LogP contribution in [-0.4, -0.2) is 47.7 Å². The van der Waals surface area contributed by atoms with E-state index in [1.807, 2.05) is 60.7 Å². The van der Waals surface area contributed by atoms with Crippen molar-refractivity contribution in [2.75, 3.05) is 0 Å². The fourth-order valence-corrected chi connectivity index (χ4v) is 4.28. The summed E-state index contributed by atoms with van der Waals surface area (Å²) in [7, 11) is 0. The summed E-state index contributed by atoms with van der Waals surface area (Å²) in [5, 5.41) is 10.8. The van der Waals surface area contributed by atoms with Gasteiger partial charge >= 0.3 is 0 Å². The molecule has 1 N–H and O–H groups in total. The fourth-order valence-electron chi connectivity index (χ4n) is 4.28. The molecule has 6 rings (SSSR count). The van der Waals surface area contributed by atoms with Crippen LogP contribution < -0.4 is 0 Å². The lowest BCUT2D eigenvalue weighted by Crippen LogP contribution is -2.78. The molecule has 0 aromatic heterocycles. The van der Waals surface area contributed by atoms with Crippen LogP contribution in [0.15, 0.2) is 60.7 Å². The average molecular weight is 384 g/mol. The van der Waals surface area contributed by atoms with Crippen molar-refractivity contribution < 1.29 is 28.8 Å². The summed E-state index contributed by atoms with van der Waals surface area (Å²) in [6.45, 7) is 2.55. The van der Waals surface area contributed by atoms with Gasteiger partial charge in [0.1, 0.15) is 36.6 Å². The lowest BCUT2D eigenvalue weighted by atomic mass is 9.81. The topological polar surface area (TPSA) is 66.4 Å². The minimum atomic E-state index is -1.17. The Morgan fingerprint density at radius 1 is 0.750 bits per heavy atom. The second-order valence-electron chi connectivity index (χ2n) is 7.62. The first kappa shape index (κ1) is 18.2. The maximum Gasteiger partial charge on any atom is 0.281 e. The monoisotopic (exact) mass is 384 g/mol. The molecule has 28 heavy (non-hydrogen) atoms. The van der Waals surface area contributed by atoms with Crippen molar-refractivity contribution in [1.29, 1.82) is 0 Å². The number of ether oxygens (including phenoxy) is 5. The van der Waals surface area contributed by atoms with Crippen molar-refractivity contribution in [3.63, 3.8) is 0 Å². The van der Waals surface area contributed by atoms with Crippen molar-refractivity contribution in [1.82, 2.24) is 0 Å². The van der Waals surface area contributed by atoms with Crippen LogP contribution in [0.2, 0.25) is 0 Å². The highest BCUT2D eigenvalue weighted by Crippen LogP contribution is 2.47. The Morgan fingerprint density at radius 3 is 1.64 bits per heavy atom. The Balaban J connectivity index is 1.34. The SMILES string of the molecule is CC12OC3[C@@H](OCc4ccccc4)[C@H](O1)C(O)[C@H](O2)[C@H]3OCc1ccccc1. The number of benzene rings is 2. The molecule has 4 aliphatic rings. The van der Waals surface area contributed by atoms with E-state index in [1.54, 1.807) is 6.92 Å². The molecule has 6 heteroatoms. The van der Waals surface area contributed by atoms with Gasteiger partial charge in [-0.15, -0.1) is 0 Å². The smallest absolute Gasteiger partial charge is 0.281 e. The van der Waals surface area contributed by atoms with Crippen LogP contribution in [0.1, 0.15) is 18.1 Å². The van der Waals surface area contributed by atoms with E-state index in [1.165, 1.54) is 0 Å². The lowest BCUT2D eigenvalue weighted by Gasteiger charge is -2.61. The molecule has 1 aliphatic carbocycles. The van der Waals surface area contributed by atoms with Gasteiger partial charge in [-0.05, 0) is 11.1 Å². The first-order valence-corrected chi connectivity index (χ1v) is 9.65. The quantitative estimate of drug-likeness (QED) is 0.825. The first-order valence-electron chi connectivity index (χ1n) is 9.65. The summed E-state index contributed by atoms with van der Waals surface area (Å²) in [5.74, 6) is -1.17. The number of aliphatic hydroxyl groups excluding tert-OH is 1. The van der Waals surface area contributed by atoms with Gasteiger partial charge in [0.05, 0.1) is 13.2 Å². The Morgan fingerprint density at radius 2 is 1.18 bits per heavy atom. The summed E-state index contributed by atoms with van der Waals surface area (Å²) in [6.07, 6.45) is -3.12. The van der Waals surface area contributed by atoms with Crippen LogP contribution in [0.3, 0.4) is 0 Å². The van der Waals surface area contributed by atoms with E-state index >= 15 is 0 Å². The van der Waals surface area contributed by atoms with Gasteiger partial charge in [0.15, 0.2) is 0 Å². The molecule has 3 unspecified atom stereocenters. The molecule has 4 bridgehead atoms. The average Bonchev–Trinajstić information content (AvgIpc) is 2.72. The van der Waals surface area contributed by atoms with E-state index in [4.69, 9.17) is 23.7 Å². The molecular weight excluding hydrogens is 360 g/mol. The van der Waals surface area contributed by atoms with Crippen LogP contribution in [-0.2, 0) is 36.9 Å². The predicted molar refractivity (Wildman–Crippen MR) is 99.1 cm³/mol. The zero-order chi connectivity index (χ0) is 19.1. The molecule has 1 saturated carbocycles. The van der Waals surface area contributed by atoms with Gasteiger partial charge in [0, 0.05) is 6.92 Å². The molecule has 3 aliphatic heterocycles. The Hall–Kier alpha value is -1.80. The van der Waals surface area contributed by atoms with Gasteiger partial charge in [-0.25, -0.2) is 0 Å². The van der Waals surface area contributed by atoms with Crippen LogP contribution in [0.4, 0.5) is 0 Å². The van der Waals surface area contributed by atoms with Crippen molar-refractivity contribution in [2.45, 2.75) is 62.7 Å². The van der Waals surface area contributed by atoms with E-state index in [9.17, 15) is 5.11 Å². The van der Waals surface area contributed by atoms with Gasteiger partial charge < -0.3 is 28.8 Å². The van der Waals surface area contributed by atoms with Gasteiger partial charge in [0.25, 0.3) is 5.97 Å². The van der Waals surface area contributed by atoms with Crippen LogP contribution in [0.25, 0.3) is 0 Å². The summed E-state index contributed by atoms with van der Waals surface area (Å²) in [4.78, 5) is 0. The third kappa shape index (κ3) is 3.26. The van der Waals surface area contributed by atoms with Crippen LogP contribution in [0.5, 0.6) is 0 Å². The maximum absolute atomic E-state index is 10.8. The molecule has 0 radical (unpaired) electrons. The van der Waals surface area contributed by atoms with Gasteiger partial charge in [-0.2, -0.15) is 0 Å². The molecule has 148 valence electrons. The molecule has 2 aromatic rings. The summed E-state index contributed by atoms with van der Waals surface area (Å²) in [6, 6.07) is 19.8. The Bertz CT molecular complexity index is 736. The van der Waals surface area contributed by atoms with Crippen molar-refractivity contribution in [3.05, 3.63) is 71.8 Å². The summed E-state index contributed by atoms with van der Waals surface area (Å²) >= 11 is 0. The lowest BCUT2D eigenvalue weighted by molar-refractivity contribution is -0.535. The molecule has 3 saturated heterocycles. The van der Waals surface area contributed by atoms with Gasteiger partial charge in [-0.3, -0.25) is 0 Å². The van der Waals surface area contributed by atoms with E-state index in [2.05, 4.69) is 0 Å². The van der Waals surface area contributed by atoms with Crippen LogP contribution >= 0.6 is 0 Å². The zero-order valence-corrected chi connectivity index (χ0v) is 15.6. The van der Waals surface area contributed by atoms with E-state index in [0.717, 1.165) is 11.1 Å². The number of hydrogen-bond acceptors (Lipinski definition) is 6. The van der Waals surface area contributed by atoms with E-state index in [0.29, 0.717) is 13.2 Å². The number of rotatable bonds is 6. The normalized spacial score (nSPS) is 38.6. The molecule has 7 atom stereocenters. The molecule has 3 heterocycles. The highest BCUT2D eigenvalue weighted by molar-refractivity contribution is 5.16. The molecule has 0 amide bonds. The third-order valence-corrected chi connectivity index (χ3v) is 5.59. The largest absolute Gasteiger partial charge is 0.387 e. The summed E-state index contributed by atoms with van der Waals surface area (Å²) < 4.78 is 30.1. The minimum absolute atomic E-state index is 0.377. The van der Waals surface area contributed by atoms with E-state index in [-0.39, 0.29) is 6.10 Å². The Kier molecular flexibility index (Phi) is 4.71. The third-order valence-electron chi connectivity index (χ3n) is 5.59. The second-order valence-corrected chi connectivity index (χ2v) is 7.62. The number of hydrogen-bond donors (Lipinski definition) is 1. The minimum Gasteiger partial charge on any atom is -0.387 e. The first-order chi connectivity index (χ1) is 13.6. The molecule has 2 aromatic carbocycles. The molecule has 6 nitrogen and oxygen atoms in total. The number of aliphatic hydroxyl groups is 1. The fraction of sp³-hybridized carbons (Fsp3) is 0.455.